The van der Waals surface area contributed by atoms with E-state index in [-0.39, 0.29) is 5.82 Å². The van der Waals surface area contributed by atoms with Crippen LogP contribution in [0.1, 0.15) is 11.1 Å². The van der Waals surface area contributed by atoms with Crippen molar-refractivity contribution in [2.24, 2.45) is 0 Å². The molecule has 2 heterocycles. The first-order chi connectivity index (χ1) is 13.1. The fraction of sp³-hybridized carbons (Fsp3) is 0.100. The zero-order valence-electron chi connectivity index (χ0n) is 14.9. The van der Waals surface area contributed by atoms with E-state index in [1.165, 1.54) is 12.1 Å². The van der Waals surface area contributed by atoms with E-state index in [1.807, 2.05) is 26.0 Å². The molecule has 4 rings (SSSR count). The maximum atomic E-state index is 13.5. The molecule has 134 valence electrons. The topological polar surface area (TPSA) is 75.6 Å². The number of rotatable bonds is 4. The Morgan fingerprint density at radius 3 is 2.59 bits per heavy atom. The zero-order chi connectivity index (χ0) is 18.8. The summed E-state index contributed by atoms with van der Waals surface area (Å²) in [6.07, 6.45) is 3.17. The molecule has 0 aliphatic rings. The fourth-order valence-electron chi connectivity index (χ4n) is 2.70. The molecular formula is C20H17FN6. The third-order valence-corrected chi connectivity index (χ3v) is 4.06. The highest BCUT2D eigenvalue weighted by molar-refractivity contribution is 5.86. The monoisotopic (exact) mass is 360 g/mol. The predicted molar refractivity (Wildman–Crippen MR) is 104 cm³/mol. The van der Waals surface area contributed by atoms with Crippen LogP contribution in [0.5, 0.6) is 0 Å². The highest BCUT2D eigenvalue weighted by Crippen LogP contribution is 2.26. The van der Waals surface area contributed by atoms with Crippen molar-refractivity contribution in [1.82, 2.24) is 19.9 Å². The molecule has 0 fully saturated rings. The molecule has 2 aromatic heterocycles. The van der Waals surface area contributed by atoms with Gasteiger partial charge in [0.05, 0.1) is 0 Å². The number of fused-ring (bicyclic) bond motifs is 1. The van der Waals surface area contributed by atoms with Gasteiger partial charge in [0.1, 0.15) is 5.82 Å². The molecule has 0 aliphatic heterocycles. The molecule has 0 atom stereocenters. The van der Waals surface area contributed by atoms with Gasteiger partial charge in [-0.05, 0) is 49.2 Å². The second-order valence-electron chi connectivity index (χ2n) is 6.20. The predicted octanol–water partition coefficient (Wildman–Crippen LogP) is 4.66. The Bertz CT molecular complexity index is 1130. The van der Waals surface area contributed by atoms with E-state index in [4.69, 9.17) is 0 Å². The van der Waals surface area contributed by atoms with Crippen LogP contribution in [-0.4, -0.2) is 19.9 Å². The highest BCUT2D eigenvalue weighted by Gasteiger charge is 2.12. The summed E-state index contributed by atoms with van der Waals surface area (Å²) in [4.78, 5) is 17.5. The molecule has 7 heteroatoms. The molecule has 0 saturated carbocycles. The average Bonchev–Trinajstić information content (AvgIpc) is 2.65. The molecule has 4 aromatic rings. The number of anilines is 4. The first-order valence-corrected chi connectivity index (χ1v) is 8.44. The molecular weight excluding hydrogens is 343 g/mol. The number of nitrogens with zero attached hydrogens (tertiary/aromatic N) is 4. The van der Waals surface area contributed by atoms with Crippen LogP contribution in [0.3, 0.4) is 0 Å². The van der Waals surface area contributed by atoms with Crippen molar-refractivity contribution >= 4 is 34.3 Å². The van der Waals surface area contributed by atoms with Crippen molar-refractivity contribution in [3.05, 3.63) is 71.8 Å². The molecule has 0 spiro atoms. The van der Waals surface area contributed by atoms with E-state index in [0.29, 0.717) is 28.6 Å². The second kappa shape index (κ2) is 6.95. The highest BCUT2D eigenvalue weighted by atomic mass is 19.1. The van der Waals surface area contributed by atoms with Gasteiger partial charge in [0.15, 0.2) is 17.0 Å². The molecule has 0 saturated heterocycles. The summed E-state index contributed by atoms with van der Waals surface area (Å²) < 4.78 is 13.5. The summed E-state index contributed by atoms with van der Waals surface area (Å²) in [5, 5.41) is 6.34. The first-order valence-electron chi connectivity index (χ1n) is 8.44. The van der Waals surface area contributed by atoms with Gasteiger partial charge in [-0.1, -0.05) is 18.2 Å². The number of aryl methyl sites for hydroxylation is 2. The second-order valence-corrected chi connectivity index (χ2v) is 6.20. The van der Waals surface area contributed by atoms with Crippen LogP contribution in [0.15, 0.2) is 54.9 Å². The third kappa shape index (κ3) is 3.67. The molecule has 0 aliphatic carbocycles. The van der Waals surface area contributed by atoms with Crippen LogP contribution in [0.25, 0.3) is 11.2 Å². The lowest BCUT2D eigenvalue weighted by atomic mass is 10.1. The minimum Gasteiger partial charge on any atom is -0.338 e. The molecule has 0 amide bonds. The summed E-state index contributed by atoms with van der Waals surface area (Å²) in [5.74, 6) is 0.497. The average molecular weight is 360 g/mol. The molecule has 2 aromatic carbocycles. The molecule has 2 N–H and O–H groups in total. The Balaban J connectivity index is 1.77. The number of halogens is 1. The molecule has 0 radical (unpaired) electrons. The number of hydrogen-bond donors (Lipinski definition) is 2. The quantitative estimate of drug-likeness (QED) is 0.551. The zero-order valence-corrected chi connectivity index (χ0v) is 14.9. The number of nitrogens with one attached hydrogen (secondary N) is 2. The Labute approximate surface area is 155 Å². The Morgan fingerprint density at radius 1 is 0.889 bits per heavy atom. The van der Waals surface area contributed by atoms with E-state index < -0.39 is 0 Å². The summed E-state index contributed by atoms with van der Waals surface area (Å²) in [6, 6.07) is 12.2. The third-order valence-electron chi connectivity index (χ3n) is 4.06. The van der Waals surface area contributed by atoms with Crippen LogP contribution in [0.2, 0.25) is 0 Å². The van der Waals surface area contributed by atoms with E-state index in [0.717, 1.165) is 16.8 Å². The largest absolute Gasteiger partial charge is 0.338 e. The Hall–Kier alpha value is -3.61. The van der Waals surface area contributed by atoms with Crippen LogP contribution in [0, 0.1) is 19.7 Å². The molecule has 0 unspecified atom stereocenters. The SMILES string of the molecule is Cc1ccc(C)c(Nc2nc(Nc3cccc(F)c3)nc3nccnc23)c1. The van der Waals surface area contributed by atoms with Crippen molar-refractivity contribution in [3.63, 3.8) is 0 Å². The minimum atomic E-state index is -0.339. The van der Waals surface area contributed by atoms with E-state index in [9.17, 15) is 4.39 Å². The number of benzene rings is 2. The Morgan fingerprint density at radius 2 is 1.74 bits per heavy atom. The maximum absolute atomic E-state index is 13.5. The lowest BCUT2D eigenvalue weighted by Crippen LogP contribution is -2.05. The van der Waals surface area contributed by atoms with Gasteiger partial charge in [0.25, 0.3) is 0 Å². The maximum Gasteiger partial charge on any atom is 0.231 e. The van der Waals surface area contributed by atoms with Crippen molar-refractivity contribution in [2.45, 2.75) is 13.8 Å². The van der Waals surface area contributed by atoms with E-state index in [2.05, 4.69) is 36.6 Å². The summed E-state index contributed by atoms with van der Waals surface area (Å²) in [6.45, 7) is 4.04. The van der Waals surface area contributed by atoms with Gasteiger partial charge in [-0.25, -0.2) is 14.4 Å². The van der Waals surface area contributed by atoms with Crippen LogP contribution < -0.4 is 10.6 Å². The van der Waals surface area contributed by atoms with Gasteiger partial charge in [0.2, 0.25) is 5.95 Å². The van der Waals surface area contributed by atoms with Crippen LogP contribution in [0.4, 0.5) is 27.5 Å². The standard InChI is InChI=1S/C20H17FN6/c1-12-6-7-13(2)16(10-12)25-19-17-18(23-9-8-22-17)26-20(27-19)24-15-5-3-4-14(21)11-15/h3-11H,1-2H3,(H2,23,24,25,26,27). The Kier molecular flexibility index (Phi) is 4.33. The number of hydrogen-bond acceptors (Lipinski definition) is 6. The fourth-order valence-corrected chi connectivity index (χ4v) is 2.70. The van der Waals surface area contributed by atoms with Crippen LogP contribution in [-0.2, 0) is 0 Å². The van der Waals surface area contributed by atoms with Gasteiger partial charge in [-0.3, -0.25) is 0 Å². The van der Waals surface area contributed by atoms with Gasteiger partial charge in [-0.15, -0.1) is 0 Å². The normalized spacial score (nSPS) is 10.8. The van der Waals surface area contributed by atoms with Gasteiger partial charge >= 0.3 is 0 Å². The van der Waals surface area contributed by atoms with Crippen molar-refractivity contribution in [3.8, 4) is 0 Å². The first kappa shape index (κ1) is 16.8. The minimum absolute atomic E-state index is 0.307. The van der Waals surface area contributed by atoms with Crippen molar-refractivity contribution in [1.29, 1.82) is 0 Å². The lowest BCUT2D eigenvalue weighted by Gasteiger charge is -2.13. The van der Waals surface area contributed by atoms with E-state index >= 15 is 0 Å². The van der Waals surface area contributed by atoms with Crippen molar-refractivity contribution < 1.29 is 4.39 Å². The van der Waals surface area contributed by atoms with Gasteiger partial charge < -0.3 is 10.6 Å². The van der Waals surface area contributed by atoms with Crippen LogP contribution >= 0.6 is 0 Å². The smallest absolute Gasteiger partial charge is 0.231 e. The van der Waals surface area contributed by atoms with E-state index in [1.54, 1.807) is 24.5 Å². The molecule has 6 nitrogen and oxygen atoms in total. The molecule has 27 heavy (non-hydrogen) atoms. The lowest BCUT2D eigenvalue weighted by molar-refractivity contribution is 0.628. The van der Waals surface area contributed by atoms with Gasteiger partial charge in [0, 0.05) is 23.8 Å². The van der Waals surface area contributed by atoms with Gasteiger partial charge in [-0.2, -0.15) is 9.97 Å². The summed E-state index contributed by atoms with van der Waals surface area (Å²) >= 11 is 0. The molecule has 0 bridgehead atoms. The summed E-state index contributed by atoms with van der Waals surface area (Å²) in [5.41, 5.74) is 4.69. The summed E-state index contributed by atoms with van der Waals surface area (Å²) in [7, 11) is 0. The van der Waals surface area contributed by atoms with Crippen molar-refractivity contribution in [2.75, 3.05) is 10.6 Å². The number of aromatic nitrogens is 4.